The van der Waals surface area contributed by atoms with E-state index in [4.69, 9.17) is 10.2 Å². The van der Waals surface area contributed by atoms with E-state index in [1.165, 1.54) is 12.1 Å². The normalized spacial score (nSPS) is 13.3. The zero-order valence-corrected chi connectivity index (χ0v) is 11.5. The molecule has 7 heteroatoms. The van der Waals surface area contributed by atoms with Crippen LogP contribution in [-0.4, -0.2) is 40.2 Å². The van der Waals surface area contributed by atoms with Gasteiger partial charge < -0.3 is 15.5 Å². The highest BCUT2D eigenvalue weighted by molar-refractivity contribution is 5.88. The van der Waals surface area contributed by atoms with E-state index >= 15 is 0 Å². The number of nitrogens with zero attached hydrogens (tertiary/aromatic N) is 1. The van der Waals surface area contributed by atoms with Crippen LogP contribution in [0.3, 0.4) is 0 Å². The van der Waals surface area contributed by atoms with E-state index in [0.29, 0.717) is 5.69 Å². The maximum Gasteiger partial charge on any atom is 0.335 e. The topological polar surface area (TPSA) is 82.5 Å². The van der Waals surface area contributed by atoms with Crippen molar-refractivity contribution in [3.05, 3.63) is 23.4 Å². The van der Waals surface area contributed by atoms with Gasteiger partial charge in [-0.05, 0) is 12.1 Å². The molecule has 1 unspecified atom stereocenters. The van der Waals surface area contributed by atoms with Crippen LogP contribution in [0, 0.1) is 0 Å². The Labute approximate surface area is 115 Å². The van der Waals surface area contributed by atoms with Crippen LogP contribution < -0.4 is 5.32 Å². The van der Waals surface area contributed by atoms with Crippen molar-refractivity contribution in [3.8, 4) is 0 Å². The molecular weight excluding hydrogens is 270 g/mol. The van der Waals surface area contributed by atoms with Crippen molar-refractivity contribution in [1.29, 1.82) is 0 Å². The quantitative estimate of drug-likeness (QED) is 0.773. The number of carboxylic acid groups (broad SMARTS) is 1. The second-order valence-electron chi connectivity index (χ2n) is 5.46. The molecule has 0 aliphatic heterocycles. The maximum atomic E-state index is 12.2. The standard InChI is InChI=1S/C13H18F2N2O3/c1-13(2,3)9-4-7(12(19)20)5-10(17-9)16-6-8(18)11(14)15/h4-5,8,11,18H,6H2,1-3H3,(H,16,17)(H,19,20). The highest BCUT2D eigenvalue weighted by Gasteiger charge is 2.20. The number of pyridine rings is 1. The summed E-state index contributed by atoms with van der Waals surface area (Å²) < 4.78 is 24.4. The Bertz CT molecular complexity index is 487. The zero-order chi connectivity index (χ0) is 15.5. The van der Waals surface area contributed by atoms with Gasteiger partial charge in [-0.15, -0.1) is 0 Å². The number of aromatic nitrogens is 1. The third-order valence-corrected chi connectivity index (χ3v) is 2.62. The van der Waals surface area contributed by atoms with E-state index in [0.717, 1.165) is 0 Å². The number of aliphatic hydroxyl groups is 1. The number of hydrogen-bond donors (Lipinski definition) is 3. The molecule has 0 aromatic carbocycles. The fourth-order valence-electron chi connectivity index (χ4n) is 1.43. The molecule has 0 saturated heterocycles. The van der Waals surface area contributed by atoms with Crippen molar-refractivity contribution in [2.45, 2.75) is 38.7 Å². The molecule has 0 bridgehead atoms. The molecule has 0 spiro atoms. The third kappa shape index (κ3) is 4.41. The summed E-state index contributed by atoms with van der Waals surface area (Å²) in [6.07, 6.45) is -4.70. The van der Waals surface area contributed by atoms with Crippen molar-refractivity contribution >= 4 is 11.8 Å². The first-order chi connectivity index (χ1) is 9.11. The third-order valence-electron chi connectivity index (χ3n) is 2.62. The van der Waals surface area contributed by atoms with Gasteiger partial charge in [0.1, 0.15) is 11.9 Å². The van der Waals surface area contributed by atoms with Gasteiger partial charge in [-0.3, -0.25) is 0 Å². The molecule has 1 aromatic heterocycles. The lowest BCUT2D eigenvalue weighted by atomic mass is 9.91. The van der Waals surface area contributed by atoms with Gasteiger partial charge in [-0.2, -0.15) is 0 Å². The van der Waals surface area contributed by atoms with Crippen molar-refractivity contribution in [2.24, 2.45) is 0 Å². The Kier molecular flexibility index (Phi) is 4.99. The minimum absolute atomic E-state index is 0.0129. The van der Waals surface area contributed by atoms with Crippen LogP contribution in [0.2, 0.25) is 0 Å². The van der Waals surface area contributed by atoms with Gasteiger partial charge in [0.05, 0.1) is 5.56 Å². The Hall–Kier alpha value is -1.76. The van der Waals surface area contributed by atoms with Crippen LogP contribution in [0.1, 0.15) is 36.8 Å². The Morgan fingerprint density at radius 1 is 1.40 bits per heavy atom. The van der Waals surface area contributed by atoms with Gasteiger partial charge >= 0.3 is 5.97 Å². The summed E-state index contributed by atoms with van der Waals surface area (Å²) in [6.45, 7) is 5.17. The molecule has 0 saturated carbocycles. The highest BCUT2D eigenvalue weighted by atomic mass is 19.3. The molecule has 0 aliphatic rings. The number of nitrogens with one attached hydrogen (secondary N) is 1. The first-order valence-electron chi connectivity index (χ1n) is 6.07. The number of halogens is 2. The average molecular weight is 288 g/mol. The summed E-state index contributed by atoms with van der Waals surface area (Å²) >= 11 is 0. The molecule has 0 amide bonds. The van der Waals surface area contributed by atoms with Gasteiger partial charge in [-0.1, -0.05) is 20.8 Å². The van der Waals surface area contributed by atoms with Gasteiger partial charge in [0, 0.05) is 17.7 Å². The summed E-state index contributed by atoms with van der Waals surface area (Å²) in [4.78, 5) is 15.2. The molecule has 1 atom stereocenters. The molecule has 1 heterocycles. The molecule has 1 rings (SSSR count). The number of anilines is 1. The summed E-state index contributed by atoms with van der Waals surface area (Å²) in [6, 6.07) is 2.69. The number of rotatable bonds is 5. The minimum atomic E-state index is -2.87. The predicted molar refractivity (Wildman–Crippen MR) is 70.4 cm³/mol. The van der Waals surface area contributed by atoms with Gasteiger partial charge in [-0.25, -0.2) is 18.6 Å². The number of aromatic carboxylic acids is 1. The molecule has 0 aliphatic carbocycles. The molecule has 20 heavy (non-hydrogen) atoms. The molecule has 5 nitrogen and oxygen atoms in total. The summed E-state index contributed by atoms with van der Waals surface area (Å²) in [5.41, 5.74) is 0.147. The first kappa shape index (κ1) is 16.3. The largest absolute Gasteiger partial charge is 0.478 e. The van der Waals surface area contributed by atoms with Crippen LogP contribution in [0.15, 0.2) is 12.1 Å². The van der Waals surface area contributed by atoms with Gasteiger partial charge in [0.25, 0.3) is 6.43 Å². The number of carboxylic acids is 1. The monoisotopic (exact) mass is 288 g/mol. The average Bonchev–Trinajstić information content (AvgIpc) is 2.34. The van der Waals surface area contributed by atoms with Crippen LogP contribution >= 0.6 is 0 Å². The van der Waals surface area contributed by atoms with Crippen molar-refractivity contribution < 1.29 is 23.8 Å². The Morgan fingerprint density at radius 3 is 2.45 bits per heavy atom. The van der Waals surface area contributed by atoms with Crippen molar-refractivity contribution in [2.75, 3.05) is 11.9 Å². The van der Waals surface area contributed by atoms with Gasteiger partial charge in [0.2, 0.25) is 0 Å². The lowest BCUT2D eigenvalue weighted by Gasteiger charge is -2.20. The van der Waals surface area contributed by atoms with Crippen molar-refractivity contribution in [3.63, 3.8) is 0 Å². The summed E-state index contributed by atoms with van der Waals surface area (Å²) in [5, 5.41) is 20.6. The second kappa shape index (κ2) is 6.13. The highest BCUT2D eigenvalue weighted by Crippen LogP contribution is 2.23. The van der Waals surface area contributed by atoms with E-state index in [1.54, 1.807) is 0 Å². The smallest absolute Gasteiger partial charge is 0.335 e. The molecule has 3 N–H and O–H groups in total. The number of aliphatic hydroxyl groups excluding tert-OH is 1. The van der Waals surface area contributed by atoms with E-state index < -0.39 is 25.0 Å². The van der Waals surface area contributed by atoms with Crippen LogP contribution in [-0.2, 0) is 5.41 Å². The van der Waals surface area contributed by atoms with E-state index in [2.05, 4.69) is 10.3 Å². The minimum Gasteiger partial charge on any atom is -0.478 e. The molecule has 1 aromatic rings. The fraction of sp³-hybridized carbons (Fsp3) is 0.538. The summed E-state index contributed by atoms with van der Waals surface area (Å²) in [7, 11) is 0. The predicted octanol–water partition coefficient (Wildman–Crippen LogP) is 2.12. The van der Waals surface area contributed by atoms with Crippen LogP contribution in [0.25, 0.3) is 0 Å². The van der Waals surface area contributed by atoms with Gasteiger partial charge in [0.15, 0.2) is 0 Å². The number of hydrogen-bond acceptors (Lipinski definition) is 4. The van der Waals surface area contributed by atoms with Crippen LogP contribution in [0.4, 0.5) is 14.6 Å². The maximum absolute atomic E-state index is 12.2. The lowest BCUT2D eigenvalue weighted by molar-refractivity contribution is 0.00380. The lowest BCUT2D eigenvalue weighted by Crippen LogP contribution is -2.27. The van der Waals surface area contributed by atoms with E-state index in [9.17, 15) is 13.6 Å². The van der Waals surface area contributed by atoms with Crippen molar-refractivity contribution in [1.82, 2.24) is 4.98 Å². The molecule has 112 valence electrons. The number of carbonyl (C=O) groups is 1. The van der Waals surface area contributed by atoms with E-state index in [-0.39, 0.29) is 16.8 Å². The number of alkyl halides is 2. The summed E-state index contributed by atoms with van der Waals surface area (Å²) in [5.74, 6) is -0.982. The van der Waals surface area contributed by atoms with E-state index in [1.807, 2.05) is 20.8 Å². The SMILES string of the molecule is CC(C)(C)c1cc(C(=O)O)cc(NCC(O)C(F)F)n1. The fourth-order valence-corrected chi connectivity index (χ4v) is 1.43. The molecule has 0 fully saturated rings. The Balaban J connectivity index is 3.01. The molecular formula is C13H18F2N2O3. The first-order valence-corrected chi connectivity index (χ1v) is 6.07. The zero-order valence-electron chi connectivity index (χ0n) is 11.5. The van der Waals surface area contributed by atoms with Crippen LogP contribution in [0.5, 0.6) is 0 Å². The second-order valence-corrected chi connectivity index (χ2v) is 5.46. The molecule has 0 radical (unpaired) electrons. The Morgan fingerprint density at radius 2 is 2.00 bits per heavy atom.